The van der Waals surface area contributed by atoms with Gasteiger partial charge in [-0.25, -0.2) is 4.68 Å². The highest BCUT2D eigenvalue weighted by Crippen LogP contribution is 2.26. The molecule has 2 aromatic rings. The summed E-state index contributed by atoms with van der Waals surface area (Å²) in [6.07, 6.45) is 1.64. The number of nitrogens with zero attached hydrogens (tertiary/aromatic N) is 3. The summed E-state index contributed by atoms with van der Waals surface area (Å²) in [5.41, 5.74) is 1.05. The van der Waals surface area contributed by atoms with Crippen LogP contribution in [-0.4, -0.2) is 19.8 Å². The van der Waals surface area contributed by atoms with Crippen molar-refractivity contribution in [2.75, 3.05) is 0 Å². The lowest BCUT2D eigenvalue weighted by Crippen LogP contribution is -1.98. The van der Waals surface area contributed by atoms with Crippen molar-refractivity contribution >= 4 is 21.6 Å². The summed E-state index contributed by atoms with van der Waals surface area (Å²) in [7, 11) is 0. The molecule has 1 N–H and O–H groups in total. The molecule has 1 aromatic heterocycles. The van der Waals surface area contributed by atoms with E-state index in [1.807, 2.05) is 0 Å². The van der Waals surface area contributed by atoms with Crippen molar-refractivity contribution in [2.45, 2.75) is 6.61 Å². The number of halogens is 1. The highest BCUT2D eigenvalue weighted by molar-refractivity contribution is 9.10. The molecule has 0 saturated heterocycles. The van der Waals surface area contributed by atoms with Gasteiger partial charge in [0.2, 0.25) is 0 Å². The fourth-order valence-corrected chi connectivity index (χ4v) is 1.76. The third kappa shape index (κ3) is 2.34. The third-order valence-electron chi connectivity index (χ3n) is 2.20. The minimum absolute atomic E-state index is 0.0245. The Morgan fingerprint density at radius 1 is 1.47 bits per heavy atom. The Balaban J connectivity index is 2.46. The highest BCUT2D eigenvalue weighted by atomic mass is 79.9. The van der Waals surface area contributed by atoms with Crippen LogP contribution in [0.1, 0.15) is 5.69 Å². The number of nitro groups is 1. The van der Waals surface area contributed by atoms with Crippen LogP contribution in [0, 0.1) is 10.1 Å². The lowest BCUT2D eigenvalue weighted by Gasteiger charge is -2.02. The molecule has 0 radical (unpaired) electrons. The summed E-state index contributed by atoms with van der Waals surface area (Å²) >= 11 is 3.11. The van der Waals surface area contributed by atoms with Gasteiger partial charge in [-0.3, -0.25) is 10.1 Å². The van der Waals surface area contributed by atoms with Gasteiger partial charge in [0.05, 0.1) is 27.4 Å². The molecule has 1 aromatic carbocycles. The van der Waals surface area contributed by atoms with E-state index >= 15 is 0 Å². The maximum atomic E-state index is 10.8. The number of aliphatic hydroxyl groups is 1. The molecule has 0 atom stereocenters. The molecule has 0 fully saturated rings. The van der Waals surface area contributed by atoms with E-state index in [0.717, 1.165) is 0 Å². The van der Waals surface area contributed by atoms with Gasteiger partial charge in [0.15, 0.2) is 0 Å². The fraction of sp³-hybridized carbons (Fsp3) is 0.100. The maximum Gasteiger partial charge on any atom is 0.285 e. The molecule has 1 heterocycles. The number of hydrogen-bond acceptors (Lipinski definition) is 4. The molecule has 0 aliphatic heterocycles. The number of nitro benzene ring substituents is 1. The largest absolute Gasteiger partial charge is 0.390 e. The molecule has 0 spiro atoms. The van der Waals surface area contributed by atoms with Gasteiger partial charge in [-0.2, -0.15) is 5.10 Å². The average Bonchev–Trinajstić information content (AvgIpc) is 2.78. The second kappa shape index (κ2) is 4.64. The van der Waals surface area contributed by atoms with Crippen LogP contribution in [0.25, 0.3) is 5.69 Å². The van der Waals surface area contributed by atoms with E-state index < -0.39 is 4.92 Å². The first kappa shape index (κ1) is 11.7. The average molecular weight is 298 g/mol. The standard InChI is InChI=1S/C10H8BrN3O3/c11-9-2-1-8(5-10(9)14(16)17)13-4-3-7(6-15)12-13/h1-5,15H,6H2. The van der Waals surface area contributed by atoms with E-state index in [0.29, 0.717) is 15.9 Å². The Morgan fingerprint density at radius 2 is 2.24 bits per heavy atom. The molecule has 6 nitrogen and oxygen atoms in total. The summed E-state index contributed by atoms with van der Waals surface area (Å²) in [4.78, 5) is 10.3. The number of benzene rings is 1. The van der Waals surface area contributed by atoms with E-state index in [2.05, 4.69) is 21.0 Å². The molecular weight excluding hydrogens is 290 g/mol. The smallest absolute Gasteiger partial charge is 0.285 e. The van der Waals surface area contributed by atoms with Crippen molar-refractivity contribution in [3.05, 3.63) is 50.7 Å². The van der Waals surface area contributed by atoms with Gasteiger partial charge in [0, 0.05) is 12.3 Å². The van der Waals surface area contributed by atoms with Gasteiger partial charge in [-0.05, 0) is 34.1 Å². The van der Waals surface area contributed by atoms with Crippen LogP contribution in [0.5, 0.6) is 0 Å². The van der Waals surface area contributed by atoms with Crippen molar-refractivity contribution < 1.29 is 10.0 Å². The van der Waals surface area contributed by atoms with E-state index in [1.165, 1.54) is 10.7 Å². The summed E-state index contributed by atoms with van der Waals surface area (Å²) < 4.78 is 1.89. The number of aromatic nitrogens is 2. The normalized spacial score (nSPS) is 10.5. The predicted octanol–water partition coefficient (Wildman–Crippen LogP) is 2.04. The second-order valence-electron chi connectivity index (χ2n) is 3.30. The Bertz CT molecular complexity index is 568. The van der Waals surface area contributed by atoms with Gasteiger partial charge in [0.25, 0.3) is 5.69 Å². The van der Waals surface area contributed by atoms with Gasteiger partial charge in [-0.1, -0.05) is 0 Å². The van der Waals surface area contributed by atoms with Crippen LogP contribution in [0.3, 0.4) is 0 Å². The van der Waals surface area contributed by atoms with Crippen LogP contribution in [0.15, 0.2) is 34.9 Å². The molecule has 0 aliphatic carbocycles. The van der Waals surface area contributed by atoms with Crippen molar-refractivity contribution in [3.63, 3.8) is 0 Å². The summed E-state index contributed by atoms with van der Waals surface area (Å²) in [5, 5.41) is 23.7. The molecule has 0 bridgehead atoms. The van der Waals surface area contributed by atoms with Gasteiger partial charge >= 0.3 is 0 Å². The molecule has 2 rings (SSSR count). The molecular formula is C10H8BrN3O3. The quantitative estimate of drug-likeness (QED) is 0.694. The predicted molar refractivity (Wildman–Crippen MR) is 63.8 cm³/mol. The molecule has 17 heavy (non-hydrogen) atoms. The zero-order valence-corrected chi connectivity index (χ0v) is 10.2. The monoisotopic (exact) mass is 297 g/mol. The molecule has 0 aliphatic rings. The Labute approximate surface area is 105 Å². The van der Waals surface area contributed by atoms with Crippen molar-refractivity contribution in [1.82, 2.24) is 9.78 Å². The number of aliphatic hydroxyl groups excluding tert-OH is 1. The minimum Gasteiger partial charge on any atom is -0.390 e. The minimum atomic E-state index is -0.468. The van der Waals surface area contributed by atoms with Gasteiger partial charge in [-0.15, -0.1) is 0 Å². The van der Waals surface area contributed by atoms with E-state index in [1.54, 1.807) is 24.4 Å². The topological polar surface area (TPSA) is 81.2 Å². The summed E-state index contributed by atoms with van der Waals surface area (Å²) in [6.45, 7) is -0.161. The lowest BCUT2D eigenvalue weighted by atomic mass is 10.3. The zero-order valence-electron chi connectivity index (χ0n) is 8.58. The van der Waals surface area contributed by atoms with E-state index in [-0.39, 0.29) is 12.3 Å². The maximum absolute atomic E-state index is 10.8. The molecule has 0 saturated carbocycles. The summed E-state index contributed by atoms with van der Waals surface area (Å²) in [5.74, 6) is 0. The SMILES string of the molecule is O=[N+]([O-])c1cc(-n2ccc(CO)n2)ccc1Br. The Hall–Kier alpha value is -1.73. The first-order chi connectivity index (χ1) is 8.11. The fourth-order valence-electron chi connectivity index (χ4n) is 1.37. The lowest BCUT2D eigenvalue weighted by molar-refractivity contribution is -0.385. The van der Waals surface area contributed by atoms with Crippen molar-refractivity contribution in [1.29, 1.82) is 0 Å². The van der Waals surface area contributed by atoms with Crippen LogP contribution >= 0.6 is 15.9 Å². The summed E-state index contributed by atoms with van der Waals surface area (Å²) in [6, 6.07) is 6.35. The first-order valence-corrected chi connectivity index (χ1v) is 5.51. The van der Waals surface area contributed by atoms with E-state index in [4.69, 9.17) is 5.11 Å². The van der Waals surface area contributed by atoms with Crippen molar-refractivity contribution in [3.8, 4) is 5.69 Å². The van der Waals surface area contributed by atoms with E-state index in [9.17, 15) is 10.1 Å². The number of hydrogen-bond donors (Lipinski definition) is 1. The zero-order chi connectivity index (χ0) is 12.4. The number of rotatable bonds is 3. The molecule has 7 heteroatoms. The second-order valence-corrected chi connectivity index (χ2v) is 4.16. The van der Waals surface area contributed by atoms with Crippen LogP contribution < -0.4 is 0 Å². The molecule has 88 valence electrons. The van der Waals surface area contributed by atoms with Crippen LogP contribution in [0.2, 0.25) is 0 Å². The highest BCUT2D eigenvalue weighted by Gasteiger charge is 2.13. The van der Waals surface area contributed by atoms with Gasteiger partial charge in [0.1, 0.15) is 0 Å². The van der Waals surface area contributed by atoms with Crippen LogP contribution in [-0.2, 0) is 6.61 Å². The van der Waals surface area contributed by atoms with Crippen molar-refractivity contribution in [2.24, 2.45) is 0 Å². The Morgan fingerprint density at radius 3 is 2.82 bits per heavy atom. The molecule has 0 unspecified atom stereocenters. The Kier molecular flexibility index (Phi) is 3.21. The van der Waals surface area contributed by atoms with Crippen LogP contribution in [0.4, 0.5) is 5.69 Å². The first-order valence-electron chi connectivity index (χ1n) is 4.71. The third-order valence-corrected chi connectivity index (χ3v) is 2.87. The van der Waals surface area contributed by atoms with Gasteiger partial charge < -0.3 is 5.11 Å². The molecule has 0 amide bonds.